The topological polar surface area (TPSA) is 28.2 Å². The van der Waals surface area contributed by atoms with Crippen LogP contribution in [-0.4, -0.2) is 35.6 Å². The summed E-state index contributed by atoms with van der Waals surface area (Å²) >= 11 is 0. The van der Waals surface area contributed by atoms with Crippen molar-refractivity contribution in [3.05, 3.63) is 29.8 Å². The highest BCUT2D eigenvalue weighted by Crippen LogP contribution is 2.24. The monoisotopic (exact) mass is 293 g/mol. The summed E-state index contributed by atoms with van der Waals surface area (Å²) in [5.41, 5.74) is 0.989. The van der Waals surface area contributed by atoms with Gasteiger partial charge in [-0.25, -0.2) is 4.39 Å². The molecule has 2 unspecified atom stereocenters. The van der Waals surface area contributed by atoms with Gasteiger partial charge in [-0.15, -0.1) is 0 Å². The Morgan fingerprint density at radius 2 is 2.24 bits per heavy atom. The molecular weight excluding hydrogens is 265 g/mol. The van der Waals surface area contributed by atoms with E-state index in [1.165, 1.54) is 31.5 Å². The highest BCUT2D eigenvalue weighted by Gasteiger charge is 2.23. The van der Waals surface area contributed by atoms with Crippen LogP contribution in [0.4, 0.5) is 4.39 Å². The van der Waals surface area contributed by atoms with Crippen molar-refractivity contribution in [2.24, 2.45) is 0 Å². The summed E-state index contributed by atoms with van der Waals surface area (Å²) in [6, 6.07) is 4.23. The molecule has 1 aromatic heterocycles. The minimum absolute atomic E-state index is 0.260. The molecule has 0 radical (unpaired) electrons. The van der Waals surface area contributed by atoms with Crippen LogP contribution in [0.3, 0.4) is 0 Å². The van der Waals surface area contributed by atoms with Crippen LogP contribution in [0.15, 0.2) is 18.3 Å². The Morgan fingerprint density at radius 1 is 1.38 bits per heavy atom. The second-order valence-electron chi connectivity index (χ2n) is 5.97. The Hall–Kier alpha value is -1.00. The SMILES string of the molecule is CCCN(CC1CCCCN1)C(CC)c1ccc(F)cn1. The van der Waals surface area contributed by atoms with Crippen molar-refractivity contribution in [3.63, 3.8) is 0 Å². The van der Waals surface area contributed by atoms with Crippen LogP contribution in [-0.2, 0) is 0 Å². The molecule has 21 heavy (non-hydrogen) atoms. The van der Waals surface area contributed by atoms with Crippen molar-refractivity contribution in [2.75, 3.05) is 19.6 Å². The Balaban J connectivity index is 2.07. The Labute approximate surface area is 127 Å². The third-order valence-electron chi connectivity index (χ3n) is 4.30. The molecule has 0 spiro atoms. The second kappa shape index (κ2) is 8.44. The van der Waals surface area contributed by atoms with E-state index in [2.05, 4.69) is 29.0 Å². The number of nitrogens with zero attached hydrogens (tertiary/aromatic N) is 2. The summed E-state index contributed by atoms with van der Waals surface area (Å²) in [6.45, 7) is 7.66. The zero-order chi connectivity index (χ0) is 15.1. The molecule has 1 aliphatic heterocycles. The molecule has 1 aromatic rings. The van der Waals surface area contributed by atoms with Gasteiger partial charge in [0, 0.05) is 12.6 Å². The normalized spacial score (nSPS) is 20.7. The Morgan fingerprint density at radius 3 is 2.81 bits per heavy atom. The fourth-order valence-electron chi connectivity index (χ4n) is 3.26. The van der Waals surface area contributed by atoms with Crippen LogP contribution in [0.2, 0.25) is 0 Å². The maximum absolute atomic E-state index is 13.1. The fraction of sp³-hybridized carbons (Fsp3) is 0.706. The summed E-state index contributed by atoms with van der Waals surface area (Å²) in [4.78, 5) is 6.83. The van der Waals surface area contributed by atoms with Gasteiger partial charge in [-0.1, -0.05) is 20.3 Å². The first kappa shape index (κ1) is 16.4. The van der Waals surface area contributed by atoms with Crippen molar-refractivity contribution in [2.45, 2.75) is 58.0 Å². The minimum atomic E-state index is -0.260. The molecule has 0 amide bonds. The van der Waals surface area contributed by atoms with Gasteiger partial charge in [0.15, 0.2) is 0 Å². The second-order valence-corrected chi connectivity index (χ2v) is 5.97. The number of rotatable bonds is 7. The van der Waals surface area contributed by atoms with Crippen LogP contribution in [0, 0.1) is 5.82 Å². The summed E-state index contributed by atoms with van der Waals surface area (Å²) in [6.07, 6.45) is 7.34. The fourth-order valence-corrected chi connectivity index (χ4v) is 3.26. The summed E-state index contributed by atoms with van der Waals surface area (Å²) in [7, 11) is 0. The molecule has 0 aromatic carbocycles. The number of nitrogens with one attached hydrogen (secondary N) is 1. The molecule has 1 N–H and O–H groups in total. The van der Waals surface area contributed by atoms with Gasteiger partial charge in [-0.3, -0.25) is 9.88 Å². The predicted octanol–water partition coefficient (Wildman–Crippen LogP) is 3.53. The predicted molar refractivity (Wildman–Crippen MR) is 84.7 cm³/mol. The summed E-state index contributed by atoms with van der Waals surface area (Å²) in [5.74, 6) is -0.260. The van der Waals surface area contributed by atoms with Crippen LogP contribution < -0.4 is 5.32 Å². The molecule has 118 valence electrons. The number of hydrogen-bond donors (Lipinski definition) is 1. The lowest BCUT2D eigenvalue weighted by Crippen LogP contribution is -2.45. The van der Waals surface area contributed by atoms with Crippen LogP contribution in [0.1, 0.15) is 57.7 Å². The molecule has 3 nitrogen and oxygen atoms in total. The van der Waals surface area contributed by atoms with E-state index in [0.29, 0.717) is 6.04 Å². The van der Waals surface area contributed by atoms with Gasteiger partial charge in [0.2, 0.25) is 0 Å². The molecule has 4 heteroatoms. The van der Waals surface area contributed by atoms with Crippen molar-refractivity contribution in [1.82, 2.24) is 15.2 Å². The van der Waals surface area contributed by atoms with E-state index in [4.69, 9.17) is 0 Å². The van der Waals surface area contributed by atoms with Crippen LogP contribution >= 0.6 is 0 Å². The number of pyridine rings is 1. The maximum atomic E-state index is 13.1. The zero-order valence-corrected chi connectivity index (χ0v) is 13.3. The van der Waals surface area contributed by atoms with Crippen molar-refractivity contribution >= 4 is 0 Å². The zero-order valence-electron chi connectivity index (χ0n) is 13.3. The van der Waals surface area contributed by atoms with Gasteiger partial charge < -0.3 is 5.32 Å². The number of piperidine rings is 1. The number of hydrogen-bond acceptors (Lipinski definition) is 3. The van der Waals surface area contributed by atoms with E-state index in [1.54, 1.807) is 0 Å². The van der Waals surface area contributed by atoms with Gasteiger partial charge in [0.1, 0.15) is 5.82 Å². The molecule has 2 rings (SSSR count). The van der Waals surface area contributed by atoms with E-state index in [0.717, 1.165) is 38.2 Å². The molecule has 0 saturated carbocycles. The molecule has 1 fully saturated rings. The molecule has 0 bridgehead atoms. The molecule has 0 aliphatic carbocycles. The first-order chi connectivity index (χ1) is 10.2. The summed E-state index contributed by atoms with van der Waals surface area (Å²) < 4.78 is 13.1. The van der Waals surface area contributed by atoms with Crippen LogP contribution in [0.25, 0.3) is 0 Å². The average Bonchev–Trinajstić information content (AvgIpc) is 2.51. The molecule has 2 heterocycles. The van der Waals surface area contributed by atoms with E-state index in [9.17, 15) is 4.39 Å². The third kappa shape index (κ3) is 4.75. The van der Waals surface area contributed by atoms with Gasteiger partial charge in [-0.05, 0) is 50.9 Å². The minimum Gasteiger partial charge on any atom is -0.313 e. The van der Waals surface area contributed by atoms with Gasteiger partial charge in [0.25, 0.3) is 0 Å². The largest absolute Gasteiger partial charge is 0.313 e. The lowest BCUT2D eigenvalue weighted by atomic mass is 10.0. The lowest BCUT2D eigenvalue weighted by Gasteiger charge is -2.35. The van der Waals surface area contributed by atoms with Crippen molar-refractivity contribution in [3.8, 4) is 0 Å². The third-order valence-corrected chi connectivity index (χ3v) is 4.30. The Kier molecular flexibility index (Phi) is 6.58. The first-order valence-corrected chi connectivity index (χ1v) is 8.33. The standard InChI is InChI=1S/C17H28FN3/c1-3-11-21(13-15-7-5-6-10-19-15)17(4-2)16-9-8-14(18)12-20-16/h8-9,12,15,17,19H,3-7,10-11,13H2,1-2H3. The molecular formula is C17H28FN3. The molecule has 2 atom stereocenters. The molecule has 1 aliphatic rings. The Bertz CT molecular complexity index is 401. The lowest BCUT2D eigenvalue weighted by molar-refractivity contribution is 0.158. The average molecular weight is 293 g/mol. The summed E-state index contributed by atoms with van der Waals surface area (Å²) in [5, 5.41) is 3.63. The number of halogens is 1. The van der Waals surface area contributed by atoms with Gasteiger partial charge >= 0.3 is 0 Å². The smallest absolute Gasteiger partial charge is 0.141 e. The van der Waals surface area contributed by atoms with Gasteiger partial charge in [0.05, 0.1) is 17.9 Å². The first-order valence-electron chi connectivity index (χ1n) is 8.33. The van der Waals surface area contributed by atoms with Crippen molar-refractivity contribution < 1.29 is 4.39 Å². The van der Waals surface area contributed by atoms with Gasteiger partial charge in [-0.2, -0.15) is 0 Å². The van der Waals surface area contributed by atoms with E-state index >= 15 is 0 Å². The highest BCUT2D eigenvalue weighted by molar-refractivity contribution is 5.10. The molecule has 1 saturated heterocycles. The van der Waals surface area contributed by atoms with Crippen LogP contribution in [0.5, 0.6) is 0 Å². The quantitative estimate of drug-likeness (QED) is 0.833. The van der Waals surface area contributed by atoms with Crippen molar-refractivity contribution in [1.29, 1.82) is 0 Å². The van der Waals surface area contributed by atoms with E-state index < -0.39 is 0 Å². The highest BCUT2D eigenvalue weighted by atomic mass is 19.1. The van der Waals surface area contributed by atoms with E-state index in [-0.39, 0.29) is 11.9 Å². The number of aromatic nitrogens is 1. The van der Waals surface area contributed by atoms with E-state index in [1.807, 2.05) is 6.07 Å². The maximum Gasteiger partial charge on any atom is 0.141 e.